The van der Waals surface area contributed by atoms with E-state index in [4.69, 9.17) is 0 Å². The lowest BCUT2D eigenvalue weighted by Crippen LogP contribution is -2.44. The second-order valence-electron chi connectivity index (χ2n) is 6.71. The second-order valence-corrected chi connectivity index (χ2v) is 6.71. The number of halogens is 1. The number of carbonyl (C=O) groups is 1. The van der Waals surface area contributed by atoms with Crippen molar-refractivity contribution in [3.63, 3.8) is 0 Å². The molecule has 0 fully saturated rings. The number of anilines is 3. The summed E-state index contributed by atoms with van der Waals surface area (Å²) in [4.78, 5) is 39.0. The summed E-state index contributed by atoms with van der Waals surface area (Å²) >= 11 is 0. The number of aryl methyl sites for hydroxylation is 1. The predicted octanol–water partition coefficient (Wildman–Crippen LogP) is 1.64. The molecule has 2 heterocycles. The standard InChI is InChI=1S/C20H18FN5O3/c1-13-4-2-3-5-16(13)22-17(27)12-26-19(29)18(28)25-11-10-24(20(25)23-26)15-8-6-14(21)7-9-15/h2-9H,10-12H2,1H3,(H,22,27). The van der Waals surface area contributed by atoms with Crippen molar-refractivity contribution < 1.29 is 9.18 Å². The molecule has 0 radical (unpaired) electrons. The highest BCUT2D eigenvalue weighted by atomic mass is 19.1. The molecule has 2 aromatic carbocycles. The molecule has 148 valence electrons. The Morgan fingerprint density at radius 2 is 1.79 bits per heavy atom. The van der Waals surface area contributed by atoms with Crippen molar-refractivity contribution in [2.45, 2.75) is 20.0 Å². The maximum absolute atomic E-state index is 13.2. The third-order valence-electron chi connectivity index (χ3n) is 4.75. The van der Waals surface area contributed by atoms with Gasteiger partial charge in [-0.1, -0.05) is 18.2 Å². The summed E-state index contributed by atoms with van der Waals surface area (Å²) in [7, 11) is 0. The Kier molecular flexibility index (Phi) is 4.71. The summed E-state index contributed by atoms with van der Waals surface area (Å²) in [5.74, 6) is -0.606. The van der Waals surface area contributed by atoms with E-state index in [0.29, 0.717) is 17.9 Å². The molecule has 29 heavy (non-hydrogen) atoms. The Balaban J connectivity index is 1.65. The maximum atomic E-state index is 13.2. The van der Waals surface area contributed by atoms with Crippen LogP contribution in [-0.2, 0) is 17.9 Å². The Morgan fingerprint density at radius 1 is 1.07 bits per heavy atom. The Hall–Kier alpha value is -3.75. The number of para-hydroxylation sites is 1. The average molecular weight is 395 g/mol. The number of nitrogens with zero attached hydrogens (tertiary/aromatic N) is 4. The number of fused-ring (bicyclic) bond motifs is 1. The van der Waals surface area contributed by atoms with E-state index in [1.807, 2.05) is 19.1 Å². The van der Waals surface area contributed by atoms with E-state index in [-0.39, 0.29) is 18.3 Å². The first-order chi connectivity index (χ1) is 13.9. The average Bonchev–Trinajstić information content (AvgIpc) is 3.12. The Bertz CT molecular complexity index is 1200. The Morgan fingerprint density at radius 3 is 2.52 bits per heavy atom. The summed E-state index contributed by atoms with van der Waals surface area (Å²) in [6, 6.07) is 13.0. The first-order valence-electron chi connectivity index (χ1n) is 9.04. The number of benzene rings is 2. The number of carbonyl (C=O) groups excluding carboxylic acids is 1. The van der Waals surface area contributed by atoms with E-state index in [0.717, 1.165) is 10.2 Å². The van der Waals surface area contributed by atoms with Gasteiger partial charge in [0.1, 0.15) is 12.4 Å². The van der Waals surface area contributed by atoms with Gasteiger partial charge in [-0.2, -0.15) is 0 Å². The Labute approximate surface area is 164 Å². The molecule has 4 rings (SSSR count). The van der Waals surface area contributed by atoms with Crippen LogP contribution in [0.1, 0.15) is 5.56 Å². The van der Waals surface area contributed by atoms with Crippen molar-refractivity contribution in [1.29, 1.82) is 0 Å². The summed E-state index contributed by atoms with van der Waals surface area (Å²) in [5, 5.41) is 6.96. The third-order valence-corrected chi connectivity index (χ3v) is 4.75. The van der Waals surface area contributed by atoms with Gasteiger partial charge in [0.15, 0.2) is 0 Å². The first-order valence-corrected chi connectivity index (χ1v) is 9.04. The van der Waals surface area contributed by atoms with E-state index in [2.05, 4.69) is 10.4 Å². The number of hydrogen-bond acceptors (Lipinski definition) is 5. The van der Waals surface area contributed by atoms with Gasteiger partial charge in [-0.3, -0.25) is 19.0 Å². The zero-order valence-corrected chi connectivity index (χ0v) is 15.6. The third kappa shape index (κ3) is 3.54. The molecular formula is C20H18FN5O3. The van der Waals surface area contributed by atoms with Crippen LogP contribution in [-0.4, -0.2) is 26.8 Å². The van der Waals surface area contributed by atoms with Crippen LogP contribution in [0, 0.1) is 12.7 Å². The van der Waals surface area contributed by atoms with Crippen molar-refractivity contribution in [2.24, 2.45) is 0 Å². The van der Waals surface area contributed by atoms with Gasteiger partial charge in [-0.25, -0.2) is 9.07 Å². The molecule has 0 saturated heterocycles. The molecule has 8 nitrogen and oxygen atoms in total. The molecule has 0 bridgehead atoms. The van der Waals surface area contributed by atoms with E-state index < -0.39 is 23.6 Å². The van der Waals surface area contributed by atoms with Gasteiger partial charge in [0.25, 0.3) is 0 Å². The van der Waals surface area contributed by atoms with Crippen molar-refractivity contribution in [1.82, 2.24) is 14.3 Å². The van der Waals surface area contributed by atoms with Crippen molar-refractivity contribution in [3.8, 4) is 0 Å². The molecule has 9 heteroatoms. The normalized spacial score (nSPS) is 12.7. The molecule has 0 spiro atoms. The highest BCUT2D eigenvalue weighted by Gasteiger charge is 2.26. The fraction of sp³-hybridized carbons (Fsp3) is 0.200. The van der Waals surface area contributed by atoms with Gasteiger partial charge < -0.3 is 10.2 Å². The maximum Gasteiger partial charge on any atom is 0.333 e. The zero-order valence-electron chi connectivity index (χ0n) is 15.6. The molecule has 0 unspecified atom stereocenters. The SMILES string of the molecule is Cc1ccccc1NC(=O)Cn1nc2n(c(=O)c1=O)CCN2c1ccc(F)cc1. The van der Waals surface area contributed by atoms with E-state index in [9.17, 15) is 18.8 Å². The van der Waals surface area contributed by atoms with Crippen LogP contribution >= 0.6 is 0 Å². The van der Waals surface area contributed by atoms with E-state index >= 15 is 0 Å². The van der Waals surface area contributed by atoms with Crippen molar-refractivity contribution >= 4 is 23.2 Å². The molecule has 0 atom stereocenters. The lowest BCUT2D eigenvalue weighted by molar-refractivity contribution is -0.117. The number of nitrogens with one attached hydrogen (secondary N) is 1. The first kappa shape index (κ1) is 18.6. The van der Waals surface area contributed by atoms with Gasteiger partial charge >= 0.3 is 11.1 Å². The smallest absolute Gasteiger partial charge is 0.324 e. The van der Waals surface area contributed by atoms with Crippen molar-refractivity contribution in [3.05, 3.63) is 80.6 Å². The molecule has 1 aliphatic heterocycles. The minimum absolute atomic E-state index is 0.241. The van der Waals surface area contributed by atoms with Crippen LogP contribution in [0.2, 0.25) is 0 Å². The van der Waals surface area contributed by atoms with Gasteiger partial charge in [-0.05, 0) is 42.8 Å². The van der Waals surface area contributed by atoms with Crippen LogP contribution in [0.4, 0.5) is 21.7 Å². The van der Waals surface area contributed by atoms with Crippen LogP contribution in [0.15, 0.2) is 58.1 Å². The molecule has 1 aromatic heterocycles. The fourth-order valence-corrected chi connectivity index (χ4v) is 3.24. The lowest BCUT2D eigenvalue weighted by atomic mass is 10.2. The quantitative estimate of drug-likeness (QED) is 0.679. The van der Waals surface area contributed by atoms with Crippen LogP contribution in [0.25, 0.3) is 0 Å². The summed E-state index contributed by atoms with van der Waals surface area (Å²) in [5.41, 5.74) is 0.520. The molecule has 0 aliphatic carbocycles. The lowest BCUT2D eigenvalue weighted by Gasteiger charge is -2.18. The van der Waals surface area contributed by atoms with Crippen LogP contribution < -0.4 is 21.3 Å². The highest BCUT2D eigenvalue weighted by molar-refractivity contribution is 5.91. The molecule has 1 amide bonds. The second kappa shape index (κ2) is 7.34. The van der Waals surface area contributed by atoms with E-state index in [1.54, 1.807) is 29.2 Å². The predicted molar refractivity (Wildman–Crippen MR) is 106 cm³/mol. The largest absolute Gasteiger partial charge is 0.333 e. The fourth-order valence-electron chi connectivity index (χ4n) is 3.24. The molecule has 1 N–H and O–H groups in total. The molecule has 3 aromatic rings. The summed E-state index contributed by atoms with van der Waals surface area (Å²) in [6.45, 7) is 2.15. The van der Waals surface area contributed by atoms with Crippen molar-refractivity contribution in [2.75, 3.05) is 16.8 Å². The van der Waals surface area contributed by atoms with Gasteiger partial charge in [-0.15, -0.1) is 5.10 Å². The summed E-state index contributed by atoms with van der Waals surface area (Å²) < 4.78 is 15.4. The minimum Gasteiger partial charge on any atom is -0.324 e. The van der Waals surface area contributed by atoms with Gasteiger partial charge in [0.05, 0.1) is 0 Å². The number of hydrogen-bond donors (Lipinski definition) is 1. The van der Waals surface area contributed by atoms with Gasteiger partial charge in [0.2, 0.25) is 11.9 Å². The molecule has 0 saturated carbocycles. The monoisotopic (exact) mass is 395 g/mol. The van der Waals surface area contributed by atoms with Crippen LogP contribution in [0.5, 0.6) is 0 Å². The number of aromatic nitrogens is 3. The van der Waals surface area contributed by atoms with E-state index in [1.165, 1.54) is 16.7 Å². The summed E-state index contributed by atoms with van der Waals surface area (Å²) in [6.07, 6.45) is 0. The number of amides is 1. The minimum atomic E-state index is -0.866. The highest BCUT2D eigenvalue weighted by Crippen LogP contribution is 2.26. The number of rotatable bonds is 4. The topological polar surface area (TPSA) is 89.2 Å². The zero-order chi connectivity index (χ0) is 20.5. The van der Waals surface area contributed by atoms with Crippen LogP contribution in [0.3, 0.4) is 0 Å². The van der Waals surface area contributed by atoms with Gasteiger partial charge in [0, 0.05) is 24.5 Å². The molecular weight excluding hydrogens is 377 g/mol. The molecule has 1 aliphatic rings.